The van der Waals surface area contributed by atoms with E-state index in [1.165, 1.54) is 19.9 Å². The number of hydrogen-bond donors (Lipinski definition) is 0. The van der Waals surface area contributed by atoms with Gasteiger partial charge in [0.05, 0.1) is 5.57 Å². The normalized spacial score (nSPS) is 15.7. The van der Waals surface area contributed by atoms with Crippen LogP contribution in [0, 0.1) is 13.8 Å². The molecular formula is C41H38BF2N3. The molecule has 0 bridgehead atoms. The Kier molecular flexibility index (Phi) is 6.76. The van der Waals surface area contributed by atoms with Gasteiger partial charge in [0.1, 0.15) is 5.71 Å². The molecule has 47 heavy (non-hydrogen) atoms. The lowest BCUT2D eigenvalue weighted by Gasteiger charge is -2.34. The fourth-order valence-electron chi connectivity index (χ4n) is 8.38. The van der Waals surface area contributed by atoms with Crippen molar-refractivity contribution < 1.29 is 13.1 Å². The van der Waals surface area contributed by atoms with Gasteiger partial charge in [0, 0.05) is 58.5 Å². The van der Waals surface area contributed by atoms with E-state index in [1.807, 2.05) is 64.1 Å². The molecule has 0 saturated heterocycles. The zero-order chi connectivity index (χ0) is 32.6. The lowest BCUT2D eigenvalue weighted by atomic mass is 9.83. The van der Waals surface area contributed by atoms with E-state index in [4.69, 9.17) is 0 Å². The van der Waals surface area contributed by atoms with Gasteiger partial charge in [-0.05, 0) is 85.8 Å². The average Bonchev–Trinajstić information content (AvgIpc) is 3.63. The van der Waals surface area contributed by atoms with Crippen LogP contribution in [0.4, 0.5) is 8.63 Å². The van der Waals surface area contributed by atoms with Crippen molar-refractivity contribution in [2.24, 2.45) is 0 Å². The number of nitrogens with zero attached hydrogens (tertiary/aromatic N) is 3. The van der Waals surface area contributed by atoms with Crippen molar-refractivity contribution in [3.63, 3.8) is 0 Å². The van der Waals surface area contributed by atoms with E-state index in [2.05, 4.69) is 78.2 Å². The van der Waals surface area contributed by atoms with E-state index in [0.717, 1.165) is 62.0 Å². The molecule has 2 aliphatic heterocycles. The van der Waals surface area contributed by atoms with Gasteiger partial charge in [0.2, 0.25) is 0 Å². The Balaban J connectivity index is 1.45. The Labute approximate surface area is 274 Å². The summed E-state index contributed by atoms with van der Waals surface area (Å²) in [5.41, 5.74) is 12.7. The summed E-state index contributed by atoms with van der Waals surface area (Å²) in [6, 6.07) is 35.4. The molecule has 0 fully saturated rings. The summed E-state index contributed by atoms with van der Waals surface area (Å²) in [4.78, 5) is 0. The van der Waals surface area contributed by atoms with E-state index < -0.39 is 6.97 Å². The van der Waals surface area contributed by atoms with E-state index >= 15 is 8.63 Å². The van der Waals surface area contributed by atoms with E-state index in [9.17, 15) is 0 Å². The number of allylic oxidation sites excluding steroid dienone is 2. The zero-order valence-corrected chi connectivity index (χ0v) is 27.6. The smallest absolute Gasteiger partial charge is 0.393 e. The molecule has 3 nitrogen and oxygen atoms in total. The minimum atomic E-state index is -4.17. The van der Waals surface area contributed by atoms with Gasteiger partial charge in [0.25, 0.3) is 0 Å². The maximum Gasteiger partial charge on any atom is 0.737 e. The Hall–Kier alpha value is -4.97. The molecule has 0 unspecified atom stereocenters. The minimum Gasteiger partial charge on any atom is -0.393 e. The van der Waals surface area contributed by atoms with E-state index in [-0.39, 0.29) is 0 Å². The van der Waals surface area contributed by atoms with Gasteiger partial charge in [-0.15, -0.1) is 0 Å². The standard InChI is InChI=1S/C41H38BF2N3/c1-6-45-37-20-14-13-19-33(37)36-25-32(21-22-38(36)45)39-40-26(2)34(23-30-15-9-7-10-16-30)28(4)46(40)42(43,44)47-29(5)35(27(3)41(39)47)24-31-17-11-8-12-18-31/h7-22,25H,6,23-24H2,1-5H3. The van der Waals surface area contributed by atoms with Crippen LogP contribution >= 0.6 is 0 Å². The lowest BCUT2D eigenvalue weighted by molar-refractivity contribution is -0.363. The second-order valence-electron chi connectivity index (χ2n) is 13.1. The number of aryl methyl sites for hydroxylation is 1. The largest absolute Gasteiger partial charge is 0.737 e. The predicted molar refractivity (Wildman–Crippen MR) is 191 cm³/mol. The second-order valence-corrected chi connectivity index (χ2v) is 13.1. The maximum absolute atomic E-state index is 17.3. The first-order valence-corrected chi connectivity index (χ1v) is 16.6. The topological polar surface area (TPSA) is 12.9 Å². The van der Waals surface area contributed by atoms with Crippen LogP contribution in [0.15, 0.2) is 120 Å². The molecule has 0 saturated carbocycles. The molecule has 0 amide bonds. The fourth-order valence-corrected chi connectivity index (χ4v) is 8.38. The molecule has 0 radical (unpaired) electrons. The summed E-state index contributed by atoms with van der Waals surface area (Å²) in [6.07, 6.45) is 1.21. The summed E-state index contributed by atoms with van der Waals surface area (Å²) >= 11 is 0. The van der Waals surface area contributed by atoms with Crippen molar-refractivity contribution in [1.82, 2.24) is 9.05 Å². The first-order valence-electron chi connectivity index (χ1n) is 16.6. The van der Waals surface area contributed by atoms with Gasteiger partial charge < -0.3 is 22.2 Å². The predicted octanol–water partition coefficient (Wildman–Crippen LogP) is 9.87. The molecule has 4 aromatic carbocycles. The number of hydrogen-bond acceptors (Lipinski definition) is 0. The molecule has 4 heterocycles. The van der Waals surface area contributed by atoms with Crippen LogP contribution < -0.4 is 0 Å². The van der Waals surface area contributed by atoms with Crippen molar-refractivity contribution in [3.8, 4) is 0 Å². The Morgan fingerprint density at radius 3 is 2.00 bits per heavy atom. The molecule has 0 N–H and O–H groups in total. The highest BCUT2D eigenvalue weighted by Gasteiger charge is 2.57. The lowest BCUT2D eigenvalue weighted by Crippen LogP contribution is -2.51. The number of aromatic nitrogens is 2. The van der Waals surface area contributed by atoms with Gasteiger partial charge in [-0.2, -0.15) is 0 Å². The average molecular weight is 622 g/mol. The highest BCUT2D eigenvalue weighted by atomic mass is 19.2. The third-order valence-corrected chi connectivity index (χ3v) is 10.6. The molecule has 6 aromatic rings. The highest BCUT2D eigenvalue weighted by Crippen LogP contribution is 2.48. The molecule has 2 aromatic heterocycles. The van der Waals surface area contributed by atoms with Crippen molar-refractivity contribution in [3.05, 3.63) is 159 Å². The van der Waals surface area contributed by atoms with Crippen molar-refractivity contribution in [2.75, 3.05) is 0 Å². The first-order chi connectivity index (χ1) is 22.7. The summed E-state index contributed by atoms with van der Waals surface area (Å²) in [5.74, 6) is 0. The fraction of sp³-hybridized carbons (Fsp3) is 0.195. The molecule has 8 rings (SSSR count). The van der Waals surface area contributed by atoms with Gasteiger partial charge in [-0.25, -0.2) is 0 Å². The second kappa shape index (κ2) is 10.8. The van der Waals surface area contributed by atoms with Crippen LogP contribution in [0.2, 0.25) is 0 Å². The minimum absolute atomic E-state index is 0.604. The summed E-state index contributed by atoms with van der Waals surface area (Å²) in [5, 5.41) is 2.32. The summed E-state index contributed by atoms with van der Waals surface area (Å²) < 4.78 is 39.8. The van der Waals surface area contributed by atoms with Gasteiger partial charge in [-0.3, -0.25) is 0 Å². The SMILES string of the molecule is CCn1c2ccccc2c2cc(C3=C4C(C)=C(Cc5ccccc5)C(C)=[N+]4[B-](F)(F)n4c(C)c(Cc5ccccc5)c(C)c43)ccc21. The Bertz CT molecular complexity index is 2340. The Morgan fingerprint density at radius 2 is 1.32 bits per heavy atom. The summed E-state index contributed by atoms with van der Waals surface area (Å²) in [6.45, 7) is 6.68. The molecule has 2 aliphatic rings. The van der Waals surface area contributed by atoms with Crippen molar-refractivity contribution >= 4 is 40.1 Å². The Morgan fingerprint density at radius 1 is 0.702 bits per heavy atom. The molecular weight excluding hydrogens is 583 g/mol. The third-order valence-electron chi connectivity index (χ3n) is 10.6. The van der Waals surface area contributed by atoms with Crippen LogP contribution in [0.1, 0.15) is 60.0 Å². The maximum atomic E-state index is 17.3. The van der Waals surface area contributed by atoms with Crippen LogP contribution in [-0.2, 0) is 19.4 Å². The van der Waals surface area contributed by atoms with Crippen LogP contribution in [0.5, 0.6) is 0 Å². The monoisotopic (exact) mass is 621 g/mol. The zero-order valence-electron chi connectivity index (χ0n) is 27.6. The van der Waals surface area contributed by atoms with Gasteiger partial charge in [-0.1, -0.05) is 84.9 Å². The van der Waals surface area contributed by atoms with E-state index in [0.29, 0.717) is 35.6 Å². The number of benzene rings is 4. The molecule has 234 valence electrons. The highest BCUT2D eigenvalue weighted by molar-refractivity contribution is 6.58. The van der Waals surface area contributed by atoms with Crippen molar-refractivity contribution in [1.29, 1.82) is 0 Å². The number of para-hydroxylation sites is 1. The molecule has 6 heteroatoms. The molecule has 0 spiro atoms. The third kappa shape index (κ3) is 4.27. The summed E-state index contributed by atoms with van der Waals surface area (Å²) in [7, 11) is 0. The van der Waals surface area contributed by atoms with Crippen LogP contribution in [-0.4, -0.2) is 26.2 Å². The number of fused-ring (bicyclic) bond motifs is 5. The first kappa shape index (κ1) is 29.4. The molecule has 0 atom stereocenters. The van der Waals surface area contributed by atoms with Crippen molar-refractivity contribution in [2.45, 2.75) is 54.0 Å². The number of rotatable bonds is 6. The quantitative estimate of drug-likeness (QED) is 0.164. The molecule has 0 aliphatic carbocycles. The van der Waals surface area contributed by atoms with E-state index in [1.54, 1.807) is 0 Å². The van der Waals surface area contributed by atoms with Crippen LogP contribution in [0.25, 0.3) is 27.4 Å². The number of halogens is 2. The van der Waals surface area contributed by atoms with Gasteiger partial charge >= 0.3 is 6.97 Å². The van der Waals surface area contributed by atoms with Crippen LogP contribution in [0.3, 0.4) is 0 Å². The van der Waals surface area contributed by atoms with Gasteiger partial charge in [0.15, 0.2) is 5.70 Å².